The van der Waals surface area contributed by atoms with Crippen molar-refractivity contribution in [2.24, 2.45) is 0 Å². The van der Waals surface area contributed by atoms with E-state index in [9.17, 15) is 9.59 Å². The highest BCUT2D eigenvalue weighted by Gasteiger charge is 2.23. The predicted molar refractivity (Wildman–Crippen MR) is 115 cm³/mol. The van der Waals surface area contributed by atoms with E-state index in [1.54, 1.807) is 32.4 Å². The van der Waals surface area contributed by atoms with Crippen molar-refractivity contribution in [3.63, 3.8) is 0 Å². The number of nitrogens with one attached hydrogen (secondary N) is 1. The third-order valence-electron chi connectivity index (χ3n) is 4.57. The van der Waals surface area contributed by atoms with E-state index in [1.807, 2.05) is 42.5 Å². The van der Waals surface area contributed by atoms with Gasteiger partial charge in [0.1, 0.15) is 12.3 Å². The van der Waals surface area contributed by atoms with E-state index < -0.39 is 5.91 Å². The van der Waals surface area contributed by atoms with E-state index in [4.69, 9.17) is 14.0 Å². The first-order valence-corrected chi connectivity index (χ1v) is 9.80. The van der Waals surface area contributed by atoms with Crippen molar-refractivity contribution in [2.75, 3.05) is 33.9 Å². The lowest BCUT2D eigenvalue weighted by Crippen LogP contribution is -2.41. The molecule has 0 fully saturated rings. The van der Waals surface area contributed by atoms with Crippen LogP contribution >= 0.6 is 0 Å². The van der Waals surface area contributed by atoms with Crippen molar-refractivity contribution in [2.45, 2.75) is 6.54 Å². The van der Waals surface area contributed by atoms with Gasteiger partial charge < -0.3 is 24.2 Å². The Morgan fingerprint density at radius 1 is 1.06 bits per heavy atom. The molecule has 8 heteroatoms. The Hall–Kier alpha value is -3.65. The number of carbonyl (C=O) groups excluding carboxylic acids is 2. The van der Waals surface area contributed by atoms with E-state index in [1.165, 1.54) is 4.90 Å². The minimum Gasteiger partial charge on any atom is -0.497 e. The molecule has 0 aliphatic carbocycles. The van der Waals surface area contributed by atoms with Crippen molar-refractivity contribution < 1.29 is 23.6 Å². The summed E-state index contributed by atoms with van der Waals surface area (Å²) in [5.74, 6) is 0.498. The lowest BCUT2D eigenvalue weighted by Gasteiger charge is -2.21. The van der Waals surface area contributed by atoms with Gasteiger partial charge in [0.15, 0.2) is 11.5 Å². The summed E-state index contributed by atoms with van der Waals surface area (Å²) in [4.78, 5) is 26.9. The summed E-state index contributed by atoms with van der Waals surface area (Å²) in [7, 11) is 3.15. The Morgan fingerprint density at radius 3 is 2.48 bits per heavy atom. The van der Waals surface area contributed by atoms with Crippen LogP contribution in [-0.2, 0) is 16.1 Å². The van der Waals surface area contributed by atoms with Crippen LogP contribution in [0.5, 0.6) is 5.75 Å². The number of hydrogen-bond donors (Lipinski definition) is 1. The molecule has 1 aromatic heterocycles. The van der Waals surface area contributed by atoms with Gasteiger partial charge >= 0.3 is 0 Å². The number of aromatic nitrogens is 1. The molecule has 0 aliphatic rings. The fraction of sp³-hybridized carbons (Fsp3) is 0.261. The van der Waals surface area contributed by atoms with Crippen molar-refractivity contribution in [1.82, 2.24) is 15.4 Å². The van der Waals surface area contributed by atoms with Crippen LogP contribution in [0.4, 0.5) is 0 Å². The fourth-order valence-corrected chi connectivity index (χ4v) is 2.95. The molecule has 31 heavy (non-hydrogen) atoms. The zero-order valence-corrected chi connectivity index (χ0v) is 17.5. The minimum absolute atomic E-state index is 0.109. The first kappa shape index (κ1) is 22.0. The van der Waals surface area contributed by atoms with Crippen molar-refractivity contribution in [3.8, 4) is 17.1 Å². The Bertz CT molecular complexity index is 986. The largest absolute Gasteiger partial charge is 0.497 e. The van der Waals surface area contributed by atoms with E-state index in [0.29, 0.717) is 24.7 Å². The monoisotopic (exact) mass is 423 g/mol. The first-order chi connectivity index (χ1) is 15.1. The van der Waals surface area contributed by atoms with Crippen LogP contribution in [0.25, 0.3) is 11.3 Å². The molecule has 0 unspecified atom stereocenters. The minimum atomic E-state index is -0.394. The molecule has 0 saturated carbocycles. The molecule has 1 heterocycles. The van der Waals surface area contributed by atoms with Gasteiger partial charge in [-0.3, -0.25) is 9.59 Å². The summed E-state index contributed by atoms with van der Waals surface area (Å²) in [6.07, 6.45) is 0. The molecule has 3 aromatic rings. The second-order valence-electron chi connectivity index (χ2n) is 6.79. The average Bonchev–Trinajstić information content (AvgIpc) is 3.29. The highest BCUT2D eigenvalue weighted by Crippen LogP contribution is 2.23. The summed E-state index contributed by atoms with van der Waals surface area (Å²) in [5.41, 5.74) is 1.80. The molecular formula is C23H25N3O5. The summed E-state index contributed by atoms with van der Waals surface area (Å²) in [6.45, 7) is 0.922. The van der Waals surface area contributed by atoms with Gasteiger partial charge in [0, 0.05) is 31.8 Å². The lowest BCUT2D eigenvalue weighted by atomic mass is 10.1. The van der Waals surface area contributed by atoms with Crippen LogP contribution < -0.4 is 10.1 Å². The number of rotatable bonds is 10. The second-order valence-corrected chi connectivity index (χ2v) is 6.79. The Kier molecular flexibility index (Phi) is 7.78. The zero-order valence-electron chi connectivity index (χ0n) is 17.5. The van der Waals surface area contributed by atoms with Crippen molar-refractivity contribution in [1.29, 1.82) is 0 Å². The van der Waals surface area contributed by atoms with Gasteiger partial charge in [-0.05, 0) is 29.8 Å². The van der Waals surface area contributed by atoms with Gasteiger partial charge in [-0.1, -0.05) is 35.5 Å². The number of ether oxygens (including phenoxy) is 2. The highest BCUT2D eigenvalue weighted by molar-refractivity contribution is 5.95. The maximum absolute atomic E-state index is 13.1. The third-order valence-corrected chi connectivity index (χ3v) is 4.57. The maximum atomic E-state index is 13.1. The van der Waals surface area contributed by atoms with Gasteiger partial charge in [0.2, 0.25) is 5.91 Å². The number of amides is 2. The number of nitrogens with zero attached hydrogens (tertiary/aromatic N) is 2. The molecule has 2 aromatic carbocycles. The Balaban J connectivity index is 1.76. The van der Waals surface area contributed by atoms with Crippen LogP contribution in [-0.4, -0.2) is 55.8 Å². The van der Waals surface area contributed by atoms with Gasteiger partial charge in [-0.15, -0.1) is 0 Å². The number of methoxy groups -OCH3 is 2. The van der Waals surface area contributed by atoms with E-state index >= 15 is 0 Å². The molecule has 0 bridgehead atoms. The second kappa shape index (κ2) is 10.9. The number of benzene rings is 2. The maximum Gasteiger partial charge on any atom is 0.276 e. The van der Waals surface area contributed by atoms with Crippen LogP contribution in [0.15, 0.2) is 65.2 Å². The molecule has 2 amide bonds. The Morgan fingerprint density at radius 2 is 1.81 bits per heavy atom. The summed E-state index contributed by atoms with van der Waals surface area (Å²) >= 11 is 0. The molecule has 1 N–H and O–H groups in total. The van der Waals surface area contributed by atoms with Crippen molar-refractivity contribution >= 4 is 11.8 Å². The zero-order chi connectivity index (χ0) is 22.1. The molecule has 3 rings (SSSR count). The molecule has 0 saturated heterocycles. The topological polar surface area (TPSA) is 93.9 Å². The molecule has 8 nitrogen and oxygen atoms in total. The molecule has 0 aliphatic heterocycles. The van der Waals surface area contributed by atoms with Crippen LogP contribution in [0, 0.1) is 0 Å². The predicted octanol–water partition coefficient (Wildman–Crippen LogP) is 2.76. The standard InChI is InChI=1S/C23H25N3O5/c1-29-13-12-24-22(27)16-26(15-17-6-4-3-5-7-17)23(28)20-14-21(31-25-20)18-8-10-19(30-2)11-9-18/h3-11,14H,12-13,15-16H2,1-2H3,(H,24,27). The van der Waals surface area contributed by atoms with Gasteiger partial charge in [-0.2, -0.15) is 0 Å². The quantitative estimate of drug-likeness (QED) is 0.504. The summed E-state index contributed by atoms with van der Waals surface area (Å²) in [5, 5.41) is 6.67. The van der Waals surface area contributed by atoms with E-state index in [2.05, 4.69) is 10.5 Å². The van der Waals surface area contributed by atoms with E-state index in [0.717, 1.165) is 11.1 Å². The number of hydrogen-bond acceptors (Lipinski definition) is 6. The Labute approximate surface area is 180 Å². The molecule has 0 atom stereocenters. The van der Waals surface area contributed by atoms with Gasteiger partial charge in [-0.25, -0.2) is 0 Å². The third kappa shape index (κ3) is 6.16. The summed E-state index contributed by atoms with van der Waals surface area (Å²) in [6, 6.07) is 18.3. The van der Waals surface area contributed by atoms with E-state index in [-0.39, 0.29) is 24.7 Å². The highest BCUT2D eigenvalue weighted by atomic mass is 16.5. The molecule has 0 spiro atoms. The van der Waals surface area contributed by atoms with Crippen molar-refractivity contribution in [3.05, 3.63) is 71.9 Å². The molecule has 162 valence electrons. The first-order valence-electron chi connectivity index (χ1n) is 9.80. The SMILES string of the molecule is COCCNC(=O)CN(Cc1ccccc1)C(=O)c1cc(-c2ccc(OC)cc2)on1. The summed E-state index contributed by atoms with van der Waals surface area (Å²) < 4.78 is 15.5. The van der Waals surface area contributed by atoms with Crippen LogP contribution in [0.1, 0.15) is 16.1 Å². The normalized spacial score (nSPS) is 10.5. The van der Waals surface area contributed by atoms with Gasteiger partial charge in [0.25, 0.3) is 5.91 Å². The lowest BCUT2D eigenvalue weighted by molar-refractivity contribution is -0.122. The number of carbonyl (C=O) groups is 2. The molecular weight excluding hydrogens is 398 g/mol. The van der Waals surface area contributed by atoms with Gasteiger partial charge in [0.05, 0.1) is 13.7 Å². The molecule has 0 radical (unpaired) electrons. The average molecular weight is 423 g/mol. The fourth-order valence-electron chi connectivity index (χ4n) is 2.95. The van der Waals surface area contributed by atoms with Crippen LogP contribution in [0.3, 0.4) is 0 Å². The smallest absolute Gasteiger partial charge is 0.276 e. The van der Waals surface area contributed by atoms with Crippen LogP contribution in [0.2, 0.25) is 0 Å².